The molecule has 0 aliphatic rings. The van der Waals surface area contributed by atoms with Crippen molar-refractivity contribution < 1.29 is 4.42 Å². The number of hydrogen-bond acceptors (Lipinski definition) is 2. The molecule has 61 heavy (non-hydrogen) atoms. The van der Waals surface area contributed by atoms with Gasteiger partial charge in [-0.05, 0) is 105 Å². The van der Waals surface area contributed by atoms with Crippen LogP contribution in [-0.2, 0) is 0 Å². The Morgan fingerprint density at radius 1 is 0.361 bits per heavy atom. The molecule has 0 unspecified atom stereocenters. The smallest absolute Gasteiger partial charge is 0.159 e. The Morgan fingerprint density at radius 3 is 1.57 bits per heavy atom. The highest BCUT2D eigenvalue weighted by Crippen LogP contribution is 2.44. The summed E-state index contributed by atoms with van der Waals surface area (Å²) < 4.78 is 9.04. The first kappa shape index (κ1) is 34.9. The summed E-state index contributed by atoms with van der Waals surface area (Å²) in [6.45, 7) is 0. The summed E-state index contributed by atoms with van der Waals surface area (Å²) in [5, 5.41) is 7.20. The fourth-order valence-corrected chi connectivity index (χ4v) is 9.39. The minimum atomic E-state index is 0.859. The summed E-state index contributed by atoms with van der Waals surface area (Å²) in [5.74, 6) is 0. The Balaban J connectivity index is 0.972. The number of anilines is 3. The van der Waals surface area contributed by atoms with Crippen LogP contribution in [0.25, 0.3) is 93.6 Å². The number of fused-ring (bicyclic) bond motifs is 7. The van der Waals surface area contributed by atoms with Gasteiger partial charge in [-0.15, -0.1) is 0 Å². The molecule has 10 aromatic carbocycles. The lowest BCUT2D eigenvalue weighted by molar-refractivity contribution is 0.669. The molecule has 286 valence electrons. The lowest BCUT2D eigenvalue weighted by Crippen LogP contribution is -2.10. The number of nitrogens with zero attached hydrogens (tertiary/aromatic N) is 2. The van der Waals surface area contributed by atoms with Crippen LogP contribution in [0.2, 0.25) is 0 Å². The lowest BCUT2D eigenvalue weighted by Gasteiger charge is -2.26. The van der Waals surface area contributed by atoms with E-state index in [9.17, 15) is 0 Å². The van der Waals surface area contributed by atoms with Crippen molar-refractivity contribution in [2.24, 2.45) is 0 Å². The SMILES string of the molecule is c1ccc(-c2cccc3cccc(-c4ccc(N(c5ccc(-c6cccc(-n7c8ccccc8c8ccccc87)c6)cc5)c5cccc6c5oc5ccccc56)cc4)c23)cc1. The van der Waals surface area contributed by atoms with E-state index in [2.05, 4.69) is 228 Å². The van der Waals surface area contributed by atoms with Crippen molar-refractivity contribution in [1.82, 2.24) is 4.57 Å². The molecular formula is C58H38N2O. The highest BCUT2D eigenvalue weighted by atomic mass is 16.3. The molecule has 0 atom stereocenters. The van der Waals surface area contributed by atoms with Crippen molar-refractivity contribution in [2.75, 3.05) is 4.90 Å². The number of aromatic nitrogens is 1. The molecule has 0 bridgehead atoms. The molecule has 12 rings (SSSR count). The zero-order valence-corrected chi connectivity index (χ0v) is 33.2. The maximum atomic E-state index is 6.66. The van der Waals surface area contributed by atoms with E-state index in [0.717, 1.165) is 61.4 Å². The molecule has 0 radical (unpaired) electrons. The topological polar surface area (TPSA) is 21.3 Å². The maximum absolute atomic E-state index is 6.66. The maximum Gasteiger partial charge on any atom is 0.159 e. The quantitative estimate of drug-likeness (QED) is 0.161. The lowest BCUT2D eigenvalue weighted by atomic mass is 9.91. The summed E-state index contributed by atoms with van der Waals surface area (Å²) in [7, 11) is 0. The zero-order chi connectivity index (χ0) is 40.3. The Morgan fingerprint density at radius 2 is 0.885 bits per heavy atom. The van der Waals surface area contributed by atoms with Crippen LogP contribution >= 0.6 is 0 Å². The van der Waals surface area contributed by atoms with Gasteiger partial charge in [-0.1, -0.05) is 170 Å². The second-order valence-electron chi connectivity index (χ2n) is 15.7. The minimum Gasteiger partial charge on any atom is -0.454 e. The molecule has 2 heterocycles. The van der Waals surface area contributed by atoms with Gasteiger partial charge in [0.2, 0.25) is 0 Å². The Hall–Kier alpha value is -8.14. The highest BCUT2D eigenvalue weighted by Gasteiger charge is 2.20. The van der Waals surface area contributed by atoms with Gasteiger partial charge in [0.15, 0.2) is 5.58 Å². The minimum absolute atomic E-state index is 0.859. The van der Waals surface area contributed by atoms with Gasteiger partial charge < -0.3 is 13.9 Å². The van der Waals surface area contributed by atoms with E-state index in [-0.39, 0.29) is 0 Å². The van der Waals surface area contributed by atoms with Crippen molar-refractivity contribution in [2.45, 2.75) is 0 Å². The molecule has 2 aromatic heterocycles. The van der Waals surface area contributed by atoms with E-state index < -0.39 is 0 Å². The third kappa shape index (κ3) is 5.82. The predicted molar refractivity (Wildman–Crippen MR) is 257 cm³/mol. The number of furan rings is 1. The van der Waals surface area contributed by atoms with Crippen LogP contribution in [0.1, 0.15) is 0 Å². The molecule has 3 heteroatoms. The molecule has 0 saturated heterocycles. The highest BCUT2D eigenvalue weighted by molar-refractivity contribution is 6.11. The fraction of sp³-hybridized carbons (Fsp3) is 0. The molecule has 0 N–H and O–H groups in total. The Labute approximate surface area is 353 Å². The first-order valence-corrected chi connectivity index (χ1v) is 20.8. The van der Waals surface area contributed by atoms with E-state index in [1.165, 1.54) is 49.3 Å². The largest absolute Gasteiger partial charge is 0.454 e. The summed E-state index contributed by atoms with van der Waals surface area (Å²) in [6.07, 6.45) is 0. The van der Waals surface area contributed by atoms with Crippen LogP contribution in [0, 0.1) is 0 Å². The standard InChI is InChI=1S/C58H38N2O/c1-2-14-40(15-3-1)47-23-11-16-42-17-12-24-48(57(42)47)41-32-36-45(37-33-41)59(55-28-13-25-52-51-22-6-9-29-56(51)61-58(52)55)44-34-30-39(31-35-44)43-18-10-19-46(38-43)60-53-26-7-4-20-49(53)50-21-5-8-27-54(50)60/h1-38H. The average Bonchev–Trinajstić information content (AvgIpc) is 3.89. The molecule has 0 amide bonds. The van der Waals surface area contributed by atoms with Gasteiger partial charge >= 0.3 is 0 Å². The normalized spacial score (nSPS) is 11.6. The molecule has 0 saturated carbocycles. The summed E-state index contributed by atoms with van der Waals surface area (Å²) in [6, 6.07) is 82.8. The number of hydrogen-bond donors (Lipinski definition) is 0. The van der Waals surface area contributed by atoms with Crippen LogP contribution in [0.4, 0.5) is 17.1 Å². The predicted octanol–water partition coefficient (Wildman–Crippen LogP) is 16.3. The van der Waals surface area contributed by atoms with Crippen molar-refractivity contribution in [3.8, 4) is 39.1 Å². The molecule has 0 aliphatic carbocycles. The van der Waals surface area contributed by atoms with Crippen molar-refractivity contribution in [3.63, 3.8) is 0 Å². The Kier molecular flexibility index (Phi) is 8.17. The van der Waals surface area contributed by atoms with Gasteiger partial charge in [-0.3, -0.25) is 0 Å². The third-order valence-electron chi connectivity index (χ3n) is 12.2. The Bertz CT molecular complexity index is 3520. The van der Waals surface area contributed by atoms with Gasteiger partial charge in [-0.2, -0.15) is 0 Å². The van der Waals surface area contributed by atoms with Crippen molar-refractivity contribution in [3.05, 3.63) is 231 Å². The zero-order valence-electron chi connectivity index (χ0n) is 33.2. The number of para-hydroxylation sites is 4. The van der Waals surface area contributed by atoms with Gasteiger partial charge in [-0.25, -0.2) is 0 Å². The molecule has 0 fully saturated rings. The first-order chi connectivity index (χ1) is 30.3. The van der Waals surface area contributed by atoms with Crippen LogP contribution in [-0.4, -0.2) is 4.57 Å². The van der Waals surface area contributed by atoms with Gasteiger partial charge in [0, 0.05) is 38.6 Å². The van der Waals surface area contributed by atoms with E-state index in [1.807, 2.05) is 12.1 Å². The van der Waals surface area contributed by atoms with E-state index in [4.69, 9.17) is 4.42 Å². The van der Waals surface area contributed by atoms with Crippen LogP contribution in [0.3, 0.4) is 0 Å². The van der Waals surface area contributed by atoms with Gasteiger partial charge in [0.05, 0.1) is 16.7 Å². The summed E-state index contributed by atoms with van der Waals surface area (Å²) in [4.78, 5) is 2.32. The summed E-state index contributed by atoms with van der Waals surface area (Å²) in [5.41, 5.74) is 15.5. The van der Waals surface area contributed by atoms with Crippen LogP contribution in [0.5, 0.6) is 0 Å². The molecule has 12 aromatic rings. The van der Waals surface area contributed by atoms with E-state index in [0.29, 0.717) is 0 Å². The van der Waals surface area contributed by atoms with Crippen LogP contribution < -0.4 is 4.90 Å². The van der Waals surface area contributed by atoms with E-state index >= 15 is 0 Å². The first-order valence-electron chi connectivity index (χ1n) is 20.8. The number of benzene rings is 10. The van der Waals surface area contributed by atoms with Crippen molar-refractivity contribution >= 4 is 71.6 Å². The average molecular weight is 779 g/mol. The molecule has 3 nitrogen and oxygen atoms in total. The van der Waals surface area contributed by atoms with Gasteiger partial charge in [0.25, 0.3) is 0 Å². The number of rotatable bonds is 7. The third-order valence-corrected chi connectivity index (χ3v) is 12.2. The van der Waals surface area contributed by atoms with Gasteiger partial charge in [0.1, 0.15) is 5.58 Å². The van der Waals surface area contributed by atoms with Crippen LogP contribution in [0.15, 0.2) is 235 Å². The second kappa shape index (κ2) is 14.3. The second-order valence-corrected chi connectivity index (χ2v) is 15.7. The molecule has 0 spiro atoms. The van der Waals surface area contributed by atoms with Crippen molar-refractivity contribution in [1.29, 1.82) is 0 Å². The molecule has 0 aliphatic heterocycles. The summed E-state index contributed by atoms with van der Waals surface area (Å²) >= 11 is 0. The van der Waals surface area contributed by atoms with E-state index in [1.54, 1.807) is 0 Å². The fourth-order valence-electron chi connectivity index (χ4n) is 9.39. The molecular weight excluding hydrogens is 741 g/mol. The monoisotopic (exact) mass is 778 g/mol.